The van der Waals surface area contributed by atoms with Crippen LogP contribution in [0.3, 0.4) is 0 Å². The Morgan fingerprint density at radius 2 is 2.20 bits per heavy atom. The van der Waals surface area contributed by atoms with Gasteiger partial charge in [0.25, 0.3) is 0 Å². The summed E-state index contributed by atoms with van der Waals surface area (Å²) >= 11 is 11.1. The number of likely N-dealkylation sites (N-methyl/N-ethyl adjacent to an activating group) is 1. The summed E-state index contributed by atoms with van der Waals surface area (Å²) in [6.07, 6.45) is 1.14. The topological polar surface area (TPSA) is 3.24 Å². The Labute approximate surface area is 72.6 Å². The van der Waals surface area contributed by atoms with Crippen molar-refractivity contribution >= 4 is 23.2 Å². The van der Waals surface area contributed by atoms with Gasteiger partial charge in [0.05, 0.1) is 0 Å². The van der Waals surface area contributed by atoms with Crippen molar-refractivity contribution in [3.8, 4) is 0 Å². The van der Waals surface area contributed by atoms with E-state index in [4.69, 9.17) is 23.2 Å². The Morgan fingerprint density at radius 1 is 1.60 bits per heavy atom. The maximum Gasteiger partial charge on any atom is 0.0434 e. The third kappa shape index (κ3) is 5.10. The smallest absolute Gasteiger partial charge is 0.0434 e. The van der Waals surface area contributed by atoms with Crippen LogP contribution in [0.2, 0.25) is 0 Å². The molecule has 60 valence electrons. The lowest BCUT2D eigenvalue weighted by Crippen LogP contribution is -2.20. The van der Waals surface area contributed by atoms with Crippen molar-refractivity contribution < 1.29 is 0 Å². The predicted molar refractivity (Wildman–Crippen MR) is 47.6 cm³/mol. The van der Waals surface area contributed by atoms with E-state index in [1.807, 2.05) is 7.05 Å². The van der Waals surface area contributed by atoms with E-state index < -0.39 is 0 Å². The zero-order valence-electron chi connectivity index (χ0n) is 6.40. The number of hydrogen-bond acceptors (Lipinski definition) is 1. The van der Waals surface area contributed by atoms with Crippen LogP contribution >= 0.6 is 23.2 Å². The Bertz CT molecular complexity index is 112. The molecule has 0 aromatic rings. The fraction of sp³-hybridized carbons (Fsp3) is 0.714. The van der Waals surface area contributed by atoms with Gasteiger partial charge in [-0.25, -0.2) is 0 Å². The van der Waals surface area contributed by atoms with Crippen LogP contribution in [0.15, 0.2) is 10.6 Å². The minimum Gasteiger partial charge on any atom is -0.301 e. The highest BCUT2D eigenvalue weighted by Crippen LogP contribution is 2.04. The van der Waals surface area contributed by atoms with E-state index in [0.717, 1.165) is 19.5 Å². The van der Waals surface area contributed by atoms with Crippen LogP contribution in [0, 0.1) is 0 Å². The van der Waals surface area contributed by atoms with Crippen molar-refractivity contribution in [1.82, 2.24) is 4.90 Å². The molecular formula is C7H13Cl2N. The van der Waals surface area contributed by atoms with E-state index in [2.05, 4.69) is 11.8 Å². The highest BCUT2D eigenvalue weighted by molar-refractivity contribution is 6.36. The number of nitrogens with zero attached hydrogens (tertiary/aromatic N) is 1. The molecule has 0 rings (SSSR count). The van der Waals surface area contributed by atoms with Crippen molar-refractivity contribution in [3.05, 3.63) is 10.6 Å². The molecular weight excluding hydrogens is 169 g/mol. The molecule has 0 heterocycles. The van der Waals surface area contributed by atoms with E-state index in [1.165, 1.54) is 5.54 Å². The number of rotatable bonds is 4. The quantitative estimate of drug-likeness (QED) is 0.645. The lowest BCUT2D eigenvalue weighted by molar-refractivity contribution is 0.368. The van der Waals surface area contributed by atoms with Gasteiger partial charge < -0.3 is 4.90 Å². The fourth-order valence-corrected chi connectivity index (χ4v) is 1.03. The highest BCUT2D eigenvalue weighted by atomic mass is 35.5. The Kier molecular flexibility index (Phi) is 6.19. The van der Waals surface area contributed by atoms with E-state index in [9.17, 15) is 0 Å². The third-order valence-corrected chi connectivity index (χ3v) is 1.75. The fourth-order valence-electron chi connectivity index (χ4n) is 0.753. The van der Waals surface area contributed by atoms with E-state index in [0.29, 0.717) is 5.03 Å². The molecule has 0 aliphatic heterocycles. The Morgan fingerprint density at radius 3 is 2.60 bits per heavy atom. The van der Waals surface area contributed by atoms with Gasteiger partial charge in [-0.3, -0.25) is 0 Å². The second-order valence-electron chi connectivity index (χ2n) is 2.29. The average Bonchev–Trinajstić information content (AvgIpc) is 1.88. The molecule has 0 spiro atoms. The van der Waals surface area contributed by atoms with Gasteiger partial charge in [-0.15, -0.1) is 0 Å². The second kappa shape index (κ2) is 6.02. The summed E-state index contributed by atoms with van der Waals surface area (Å²) in [5.41, 5.74) is 1.41. The zero-order chi connectivity index (χ0) is 7.98. The molecule has 0 aliphatic rings. The molecule has 0 amide bonds. The first kappa shape index (κ1) is 10.3. The van der Waals surface area contributed by atoms with Crippen molar-refractivity contribution in [3.63, 3.8) is 0 Å². The van der Waals surface area contributed by atoms with Crippen LogP contribution in [-0.2, 0) is 0 Å². The van der Waals surface area contributed by atoms with Crippen molar-refractivity contribution in [2.24, 2.45) is 0 Å². The molecule has 0 aromatic heterocycles. The molecule has 0 saturated carbocycles. The van der Waals surface area contributed by atoms with Crippen LogP contribution < -0.4 is 0 Å². The zero-order valence-corrected chi connectivity index (χ0v) is 7.91. The first-order valence-corrected chi connectivity index (χ1v) is 4.15. The molecule has 0 saturated heterocycles. The summed E-state index contributed by atoms with van der Waals surface area (Å²) in [6.45, 7) is 3.94. The van der Waals surface area contributed by atoms with Gasteiger partial charge in [0.2, 0.25) is 0 Å². The molecule has 0 radical (unpaired) electrons. The Hall–Kier alpha value is 0.280. The molecule has 0 aromatic carbocycles. The summed E-state index contributed by atoms with van der Waals surface area (Å²) in [5, 5.41) is 0.692. The largest absolute Gasteiger partial charge is 0.301 e. The summed E-state index contributed by atoms with van der Waals surface area (Å²) in [6, 6.07) is 0. The molecule has 0 unspecified atom stereocenters. The van der Waals surface area contributed by atoms with Crippen LogP contribution in [0.25, 0.3) is 0 Å². The standard InChI is InChI=1S/C7H13Cl2N/c1-3-4-10(2)6-7(9)5-8/h5H,3-4,6H2,1-2H3/b7-5-. The lowest BCUT2D eigenvalue weighted by atomic mass is 10.4. The summed E-state index contributed by atoms with van der Waals surface area (Å²) in [5.74, 6) is 0. The van der Waals surface area contributed by atoms with Gasteiger partial charge in [0.1, 0.15) is 0 Å². The van der Waals surface area contributed by atoms with Gasteiger partial charge in [0, 0.05) is 17.1 Å². The third-order valence-electron chi connectivity index (χ3n) is 1.14. The second-order valence-corrected chi connectivity index (χ2v) is 3.00. The molecule has 0 fully saturated rings. The van der Waals surface area contributed by atoms with Gasteiger partial charge in [-0.1, -0.05) is 30.1 Å². The van der Waals surface area contributed by atoms with Crippen LogP contribution in [0.1, 0.15) is 13.3 Å². The number of halogens is 2. The first-order valence-electron chi connectivity index (χ1n) is 3.34. The predicted octanol–water partition coefficient (Wildman–Crippen LogP) is 2.65. The minimum atomic E-state index is 0.692. The molecule has 0 atom stereocenters. The minimum absolute atomic E-state index is 0.692. The summed E-state index contributed by atoms with van der Waals surface area (Å²) < 4.78 is 0. The summed E-state index contributed by atoms with van der Waals surface area (Å²) in [7, 11) is 2.02. The summed E-state index contributed by atoms with van der Waals surface area (Å²) in [4.78, 5) is 2.13. The van der Waals surface area contributed by atoms with Gasteiger partial charge in [-0.05, 0) is 20.0 Å². The van der Waals surface area contributed by atoms with E-state index >= 15 is 0 Å². The highest BCUT2D eigenvalue weighted by Gasteiger charge is 1.97. The molecule has 1 nitrogen and oxygen atoms in total. The van der Waals surface area contributed by atoms with Crippen LogP contribution in [-0.4, -0.2) is 25.0 Å². The number of hydrogen-bond donors (Lipinski definition) is 0. The van der Waals surface area contributed by atoms with Crippen molar-refractivity contribution in [2.45, 2.75) is 13.3 Å². The SMILES string of the molecule is CCCN(C)C/C(Cl)=C/Cl. The lowest BCUT2D eigenvalue weighted by Gasteiger charge is -2.13. The van der Waals surface area contributed by atoms with Gasteiger partial charge >= 0.3 is 0 Å². The Balaban J connectivity index is 3.47. The van der Waals surface area contributed by atoms with E-state index in [-0.39, 0.29) is 0 Å². The van der Waals surface area contributed by atoms with Crippen LogP contribution in [0.5, 0.6) is 0 Å². The maximum atomic E-state index is 5.68. The van der Waals surface area contributed by atoms with Crippen molar-refractivity contribution in [1.29, 1.82) is 0 Å². The van der Waals surface area contributed by atoms with Gasteiger partial charge in [-0.2, -0.15) is 0 Å². The van der Waals surface area contributed by atoms with Gasteiger partial charge in [0.15, 0.2) is 0 Å². The van der Waals surface area contributed by atoms with E-state index in [1.54, 1.807) is 0 Å². The monoisotopic (exact) mass is 181 g/mol. The molecule has 0 aliphatic carbocycles. The average molecular weight is 182 g/mol. The normalized spacial score (nSPS) is 12.7. The molecule has 3 heteroatoms. The first-order chi connectivity index (χ1) is 4.70. The molecule has 10 heavy (non-hydrogen) atoms. The van der Waals surface area contributed by atoms with Crippen LogP contribution in [0.4, 0.5) is 0 Å². The van der Waals surface area contributed by atoms with Crippen molar-refractivity contribution in [2.75, 3.05) is 20.1 Å². The molecule has 0 bridgehead atoms. The maximum absolute atomic E-state index is 5.68. The molecule has 0 N–H and O–H groups in total.